The molecule has 0 fully saturated rings. The van der Waals surface area contributed by atoms with Gasteiger partial charge >= 0.3 is 5.97 Å². The number of hydrogen-bond donors (Lipinski definition) is 1. The quantitative estimate of drug-likeness (QED) is 0.543. The molecule has 0 saturated carbocycles. The van der Waals surface area contributed by atoms with E-state index >= 15 is 0 Å². The third-order valence-electron chi connectivity index (χ3n) is 3.60. The summed E-state index contributed by atoms with van der Waals surface area (Å²) in [5.74, 6) is 0.216. The third kappa shape index (κ3) is 3.51. The number of ether oxygens (including phenoxy) is 1. The second-order valence-electron chi connectivity index (χ2n) is 5.17. The summed E-state index contributed by atoms with van der Waals surface area (Å²) in [6, 6.07) is 6.36. The molecule has 0 amide bonds. The van der Waals surface area contributed by atoms with E-state index in [1.807, 2.05) is 5.38 Å². The molecule has 0 aliphatic heterocycles. The van der Waals surface area contributed by atoms with Crippen LogP contribution in [-0.2, 0) is 9.53 Å². The molecule has 0 aliphatic rings. The molecule has 0 spiro atoms. The number of methoxy groups -OCH3 is 1. The summed E-state index contributed by atoms with van der Waals surface area (Å²) < 4.78 is 17.8. The number of fused-ring (bicyclic) bond motifs is 1. The van der Waals surface area contributed by atoms with Crippen molar-refractivity contribution in [1.29, 1.82) is 0 Å². The fourth-order valence-corrected chi connectivity index (χ4v) is 3.31. The van der Waals surface area contributed by atoms with Gasteiger partial charge in [0.05, 0.1) is 12.5 Å². The Morgan fingerprint density at radius 3 is 2.83 bits per heavy atom. The number of carbonyl (C=O) groups is 1. The molecule has 3 rings (SSSR count). The zero-order valence-corrected chi connectivity index (χ0v) is 13.9. The summed E-state index contributed by atoms with van der Waals surface area (Å²) in [7, 11) is 1.38. The Labute approximate surface area is 142 Å². The van der Waals surface area contributed by atoms with E-state index in [-0.39, 0.29) is 11.8 Å². The van der Waals surface area contributed by atoms with Gasteiger partial charge in [0, 0.05) is 23.9 Å². The van der Waals surface area contributed by atoms with E-state index in [1.165, 1.54) is 36.9 Å². The number of nitrogens with one attached hydrogen (secondary N) is 1. The summed E-state index contributed by atoms with van der Waals surface area (Å²) in [6.07, 6.45) is 2.51. The van der Waals surface area contributed by atoms with E-state index in [4.69, 9.17) is 0 Å². The van der Waals surface area contributed by atoms with Gasteiger partial charge in [-0.2, -0.15) is 0 Å². The van der Waals surface area contributed by atoms with Crippen molar-refractivity contribution >= 4 is 33.3 Å². The lowest BCUT2D eigenvalue weighted by Gasteiger charge is -2.08. The zero-order valence-electron chi connectivity index (χ0n) is 13.1. The number of benzene rings is 1. The molecule has 1 aromatic carbocycles. The standard InChI is InChI=1S/C17H16FN3O2S/c1-23-14(22)3-2-8-19-16-15-13(9-24-17(15)21-10-20-16)11-4-6-12(18)7-5-11/h4-7,9-10H,2-3,8H2,1H3,(H,19,20,21). The summed E-state index contributed by atoms with van der Waals surface area (Å²) >= 11 is 1.52. The number of anilines is 1. The maximum Gasteiger partial charge on any atom is 0.305 e. The molecule has 0 radical (unpaired) electrons. The van der Waals surface area contributed by atoms with Gasteiger partial charge in [-0.25, -0.2) is 14.4 Å². The molecule has 0 atom stereocenters. The molecule has 0 bridgehead atoms. The van der Waals surface area contributed by atoms with Crippen LogP contribution in [0.4, 0.5) is 10.2 Å². The van der Waals surface area contributed by atoms with Crippen molar-refractivity contribution in [2.75, 3.05) is 19.0 Å². The van der Waals surface area contributed by atoms with E-state index in [9.17, 15) is 9.18 Å². The minimum absolute atomic E-state index is 0.229. The van der Waals surface area contributed by atoms with Gasteiger partial charge in [-0.1, -0.05) is 12.1 Å². The van der Waals surface area contributed by atoms with Crippen molar-refractivity contribution in [3.8, 4) is 11.1 Å². The zero-order chi connectivity index (χ0) is 16.9. The minimum atomic E-state index is -0.268. The monoisotopic (exact) mass is 345 g/mol. The van der Waals surface area contributed by atoms with E-state index in [2.05, 4.69) is 20.0 Å². The largest absolute Gasteiger partial charge is 0.469 e. The van der Waals surface area contributed by atoms with Crippen molar-refractivity contribution in [1.82, 2.24) is 9.97 Å². The Balaban J connectivity index is 1.84. The Morgan fingerprint density at radius 1 is 1.29 bits per heavy atom. The number of carbonyl (C=O) groups excluding carboxylic acids is 1. The lowest BCUT2D eigenvalue weighted by atomic mass is 10.1. The summed E-state index contributed by atoms with van der Waals surface area (Å²) in [6.45, 7) is 0.597. The average Bonchev–Trinajstić information content (AvgIpc) is 3.04. The smallest absolute Gasteiger partial charge is 0.305 e. The molecule has 124 valence electrons. The van der Waals surface area contributed by atoms with Gasteiger partial charge in [0.1, 0.15) is 22.8 Å². The van der Waals surface area contributed by atoms with Crippen LogP contribution in [0.25, 0.3) is 21.3 Å². The molecule has 3 aromatic rings. The first-order valence-corrected chi connectivity index (χ1v) is 8.36. The maximum absolute atomic E-state index is 13.1. The van der Waals surface area contributed by atoms with Crippen LogP contribution in [0, 0.1) is 5.82 Å². The Kier molecular flexibility index (Phi) is 5.00. The van der Waals surface area contributed by atoms with Crippen molar-refractivity contribution in [3.05, 3.63) is 41.8 Å². The summed E-state index contributed by atoms with van der Waals surface area (Å²) in [5.41, 5.74) is 1.88. The second kappa shape index (κ2) is 7.35. The SMILES string of the molecule is COC(=O)CCCNc1ncnc2scc(-c3ccc(F)cc3)c12. The molecule has 7 heteroatoms. The van der Waals surface area contributed by atoms with E-state index < -0.39 is 0 Å². The lowest BCUT2D eigenvalue weighted by molar-refractivity contribution is -0.140. The summed E-state index contributed by atoms with van der Waals surface area (Å²) in [5, 5.41) is 6.15. The van der Waals surface area contributed by atoms with Crippen LogP contribution < -0.4 is 5.32 Å². The first-order valence-electron chi connectivity index (χ1n) is 7.48. The van der Waals surface area contributed by atoms with Gasteiger partial charge in [-0.3, -0.25) is 4.79 Å². The van der Waals surface area contributed by atoms with Crippen LogP contribution >= 0.6 is 11.3 Å². The van der Waals surface area contributed by atoms with Gasteiger partial charge in [-0.15, -0.1) is 11.3 Å². The number of esters is 1. The topological polar surface area (TPSA) is 64.1 Å². The van der Waals surface area contributed by atoms with Crippen molar-refractivity contribution < 1.29 is 13.9 Å². The number of nitrogens with zero attached hydrogens (tertiary/aromatic N) is 2. The molecule has 24 heavy (non-hydrogen) atoms. The highest BCUT2D eigenvalue weighted by Crippen LogP contribution is 2.36. The second-order valence-corrected chi connectivity index (χ2v) is 6.02. The van der Waals surface area contributed by atoms with E-state index in [0.717, 1.165) is 21.3 Å². The predicted molar refractivity (Wildman–Crippen MR) is 92.5 cm³/mol. The average molecular weight is 345 g/mol. The highest BCUT2D eigenvalue weighted by atomic mass is 32.1. The molecule has 5 nitrogen and oxygen atoms in total. The van der Waals surface area contributed by atoms with Crippen LogP contribution in [0.5, 0.6) is 0 Å². The van der Waals surface area contributed by atoms with Crippen LogP contribution in [0.2, 0.25) is 0 Å². The van der Waals surface area contributed by atoms with Crippen molar-refractivity contribution in [2.24, 2.45) is 0 Å². The molecule has 1 N–H and O–H groups in total. The molecular weight excluding hydrogens is 329 g/mol. The van der Waals surface area contributed by atoms with Gasteiger partial charge in [0.25, 0.3) is 0 Å². The fourth-order valence-electron chi connectivity index (χ4n) is 2.39. The number of hydrogen-bond acceptors (Lipinski definition) is 6. The fraction of sp³-hybridized carbons (Fsp3) is 0.235. The molecule has 2 heterocycles. The normalized spacial score (nSPS) is 10.8. The molecule has 0 unspecified atom stereocenters. The number of thiophene rings is 1. The highest BCUT2D eigenvalue weighted by Gasteiger charge is 2.13. The molecule has 0 saturated heterocycles. The van der Waals surface area contributed by atoms with Crippen LogP contribution in [0.15, 0.2) is 36.0 Å². The van der Waals surface area contributed by atoms with Crippen LogP contribution in [0.1, 0.15) is 12.8 Å². The van der Waals surface area contributed by atoms with Gasteiger partial charge < -0.3 is 10.1 Å². The van der Waals surface area contributed by atoms with Crippen LogP contribution in [-0.4, -0.2) is 29.6 Å². The predicted octanol–water partition coefficient (Wildman–Crippen LogP) is 3.86. The Morgan fingerprint density at radius 2 is 2.08 bits per heavy atom. The maximum atomic E-state index is 13.1. The molecular formula is C17H16FN3O2S. The Hall–Kier alpha value is -2.54. The Bertz CT molecular complexity index is 849. The van der Waals surface area contributed by atoms with Gasteiger partial charge in [0.15, 0.2) is 0 Å². The van der Waals surface area contributed by atoms with E-state index in [0.29, 0.717) is 25.2 Å². The first-order chi connectivity index (χ1) is 11.7. The molecule has 2 aromatic heterocycles. The number of rotatable bonds is 6. The lowest BCUT2D eigenvalue weighted by Crippen LogP contribution is -2.08. The number of aromatic nitrogens is 2. The van der Waals surface area contributed by atoms with Gasteiger partial charge in [0.2, 0.25) is 0 Å². The number of halogens is 1. The first kappa shape index (κ1) is 16.3. The van der Waals surface area contributed by atoms with Crippen molar-refractivity contribution in [2.45, 2.75) is 12.8 Å². The molecule has 0 aliphatic carbocycles. The van der Waals surface area contributed by atoms with Gasteiger partial charge in [-0.05, 0) is 24.1 Å². The third-order valence-corrected chi connectivity index (χ3v) is 4.49. The minimum Gasteiger partial charge on any atom is -0.469 e. The van der Waals surface area contributed by atoms with Crippen molar-refractivity contribution in [3.63, 3.8) is 0 Å². The van der Waals surface area contributed by atoms with Crippen LogP contribution in [0.3, 0.4) is 0 Å². The van der Waals surface area contributed by atoms with E-state index in [1.54, 1.807) is 12.1 Å². The summed E-state index contributed by atoms with van der Waals surface area (Å²) in [4.78, 5) is 20.6. The highest BCUT2D eigenvalue weighted by molar-refractivity contribution is 7.17.